The molecule has 1 N–H and O–H groups in total. The molecule has 8 heteroatoms. The molecule has 1 atom stereocenters. The van der Waals surface area contributed by atoms with Gasteiger partial charge in [0.05, 0.1) is 27.2 Å². The molecule has 1 aliphatic rings. The summed E-state index contributed by atoms with van der Waals surface area (Å²) in [5, 5.41) is 4.03. The van der Waals surface area contributed by atoms with Crippen molar-refractivity contribution in [1.29, 1.82) is 0 Å². The quantitative estimate of drug-likeness (QED) is 0.610. The summed E-state index contributed by atoms with van der Waals surface area (Å²) in [4.78, 5) is 17.1. The fraction of sp³-hybridized carbons (Fsp3) is 0.333. The van der Waals surface area contributed by atoms with E-state index in [0.717, 1.165) is 28.9 Å². The van der Waals surface area contributed by atoms with Crippen molar-refractivity contribution in [3.05, 3.63) is 58.6 Å². The SMILES string of the molecule is C[C@H]1Cc2cc(C(=O)NCCCc3nc4ccccc4s3)ccc2N1S(C)(=O)=O. The van der Waals surface area contributed by atoms with Gasteiger partial charge in [-0.3, -0.25) is 9.10 Å². The highest BCUT2D eigenvalue weighted by molar-refractivity contribution is 7.92. The number of nitrogens with zero attached hydrogens (tertiary/aromatic N) is 2. The van der Waals surface area contributed by atoms with Crippen LogP contribution >= 0.6 is 11.3 Å². The molecule has 0 saturated carbocycles. The van der Waals surface area contributed by atoms with Crippen molar-refractivity contribution in [3.63, 3.8) is 0 Å². The fourth-order valence-corrected chi connectivity index (χ4v) is 6.09. The maximum Gasteiger partial charge on any atom is 0.251 e. The van der Waals surface area contributed by atoms with Crippen LogP contribution < -0.4 is 9.62 Å². The van der Waals surface area contributed by atoms with Gasteiger partial charge in [0.15, 0.2) is 0 Å². The molecule has 0 saturated heterocycles. The van der Waals surface area contributed by atoms with Gasteiger partial charge in [-0.1, -0.05) is 12.1 Å². The van der Waals surface area contributed by atoms with E-state index in [1.54, 1.807) is 29.5 Å². The number of nitrogens with one attached hydrogen (secondary N) is 1. The first-order chi connectivity index (χ1) is 13.8. The molecule has 1 amide bonds. The number of benzene rings is 2. The van der Waals surface area contributed by atoms with E-state index in [1.807, 2.05) is 25.1 Å². The second kappa shape index (κ2) is 7.76. The molecular formula is C21H23N3O3S2. The smallest absolute Gasteiger partial charge is 0.251 e. The molecule has 29 heavy (non-hydrogen) atoms. The lowest BCUT2D eigenvalue weighted by atomic mass is 10.1. The van der Waals surface area contributed by atoms with Crippen molar-refractivity contribution in [3.8, 4) is 0 Å². The lowest BCUT2D eigenvalue weighted by Gasteiger charge is -2.21. The van der Waals surface area contributed by atoms with Crippen LogP contribution in [0.15, 0.2) is 42.5 Å². The highest BCUT2D eigenvalue weighted by atomic mass is 32.2. The Morgan fingerprint density at radius 2 is 2.07 bits per heavy atom. The molecule has 1 aliphatic heterocycles. The van der Waals surface area contributed by atoms with Gasteiger partial charge in [-0.25, -0.2) is 13.4 Å². The Kier molecular flexibility index (Phi) is 5.31. The van der Waals surface area contributed by atoms with Crippen molar-refractivity contribution in [2.24, 2.45) is 0 Å². The van der Waals surface area contributed by atoms with Crippen molar-refractivity contribution < 1.29 is 13.2 Å². The zero-order valence-electron chi connectivity index (χ0n) is 16.4. The molecule has 152 valence electrons. The molecule has 2 heterocycles. The maximum absolute atomic E-state index is 12.5. The average Bonchev–Trinajstić information content (AvgIpc) is 3.23. The Bertz CT molecular complexity index is 1140. The number of carbonyl (C=O) groups excluding carboxylic acids is 1. The molecule has 0 radical (unpaired) electrons. The molecule has 6 nitrogen and oxygen atoms in total. The van der Waals surface area contributed by atoms with E-state index >= 15 is 0 Å². The van der Waals surface area contributed by atoms with E-state index in [1.165, 1.54) is 15.3 Å². The largest absolute Gasteiger partial charge is 0.352 e. The van der Waals surface area contributed by atoms with Crippen LogP contribution in [-0.4, -0.2) is 38.2 Å². The Morgan fingerprint density at radius 1 is 1.28 bits per heavy atom. The molecule has 0 unspecified atom stereocenters. The van der Waals surface area contributed by atoms with Crippen LogP contribution in [-0.2, 0) is 22.9 Å². The zero-order valence-corrected chi connectivity index (χ0v) is 18.0. The molecule has 0 fully saturated rings. The Labute approximate surface area is 174 Å². The third-order valence-electron chi connectivity index (χ3n) is 5.04. The molecular weight excluding hydrogens is 406 g/mol. The number of sulfonamides is 1. The number of hydrogen-bond acceptors (Lipinski definition) is 5. The number of aryl methyl sites for hydroxylation is 1. The van der Waals surface area contributed by atoms with E-state index in [4.69, 9.17) is 0 Å². The highest BCUT2D eigenvalue weighted by Crippen LogP contribution is 2.34. The lowest BCUT2D eigenvalue weighted by molar-refractivity contribution is 0.0953. The summed E-state index contributed by atoms with van der Waals surface area (Å²) in [6.07, 6.45) is 3.46. The van der Waals surface area contributed by atoms with Crippen LogP contribution in [0.1, 0.15) is 34.3 Å². The second-order valence-corrected chi connectivity index (χ2v) is 10.4. The summed E-state index contributed by atoms with van der Waals surface area (Å²) in [6.45, 7) is 2.44. The second-order valence-electron chi connectivity index (χ2n) is 7.39. The van der Waals surface area contributed by atoms with Gasteiger partial charge in [-0.05, 0) is 55.7 Å². The molecule has 0 bridgehead atoms. The van der Waals surface area contributed by atoms with Crippen molar-refractivity contribution in [2.45, 2.75) is 32.2 Å². The van der Waals surface area contributed by atoms with Gasteiger partial charge in [0.25, 0.3) is 5.91 Å². The van der Waals surface area contributed by atoms with E-state index in [0.29, 0.717) is 24.2 Å². The highest BCUT2D eigenvalue weighted by Gasteiger charge is 2.32. The third-order valence-corrected chi connectivity index (χ3v) is 7.41. The molecule has 3 aromatic rings. The number of hydrogen-bond donors (Lipinski definition) is 1. The van der Waals surface area contributed by atoms with Crippen LogP contribution in [0.5, 0.6) is 0 Å². The predicted molar refractivity (Wildman–Crippen MR) is 117 cm³/mol. The van der Waals surface area contributed by atoms with Gasteiger partial charge in [-0.15, -0.1) is 11.3 Å². The van der Waals surface area contributed by atoms with Crippen LogP contribution in [0, 0.1) is 0 Å². The molecule has 2 aromatic carbocycles. The minimum atomic E-state index is -3.32. The summed E-state index contributed by atoms with van der Waals surface area (Å²) < 4.78 is 26.6. The van der Waals surface area contributed by atoms with Crippen LogP contribution in [0.25, 0.3) is 10.2 Å². The standard InChI is InChI=1S/C21H23N3O3S2/c1-14-12-16-13-15(9-10-18(16)24(14)29(2,26)27)21(25)22-11-5-8-20-23-17-6-3-4-7-19(17)28-20/h3-4,6-7,9-10,13-14H,5,8,11-12H2,1-2H3,(H,22,25)/t14-/m0/s1. The van der Waals surface area contributed by atoms with Gasteiger partial charge < -0.3 is 5.32 Å². The third kappa shape index (κ3) is 4.13. The summed E-state index contributed by atoms with van der Waals surface area (Å²) in [6, 6.07) is 13.2. The van der Waals surface area contributed by atoms with Crippen molar-refractivity contribution in [1.82, 2.24) is 10.3 Å². The topological polar surface area (TPSA) is 79.4 Å². The maximum atomic E-state index is 12.5. The van der Waals surface area contributed by atoms with Gasteiger partial charge in [0, 0.05) is 24.6 Å². The average molecular weight is 430 g/mol. The Hall–Kier alpha value is -2.45. The monoisotopic (exact) mass is 429 g/mol. The summed E-state index contributed by atoms with van der Waals surface area (Å²) in [5.74, 6) is -0.137. The van der Waals surface area contributed by atoms with Crippen LogP contribution in [0.2, 0.25) is 0 Å². The van der Waals surface area contributed by atoms with E-state index in [-0.39, 0.29) is 11.9 Å². The number of para-hydroxylation sites is 1. The fourth-order valence-electron chi connectivity index (χ4n) is 3.82. The van der Waals surface area contributed by atoms with Crippen molar-refractivity contribution in [2.75, 3.05) is 17.1 Å². The number of aromatic nitrogens is 1. The summed E-state index contributed by atoms with van der Waals surface area (Å²) in [5.41, 5.74) is 3.15. The summed E-state index contributed by atoms with van der Waals surface area (Å²) >= 11 is 1.69. The van der Waals surface area contributed by atoms with Crippen molar-refractivity contribution >= 4 is 43.2 Å². The van der Waals surface area contributed by atoms with Crippen LogP contribution in [0.4, 0.5) is 5.69 Å². The number of thiazole rings is 1. The first-order valence-corrected chi connectivity index (χ1v) is 12.2. The lowest BCUT2D eigenvalue weighted by Crippen LogP contribution is -2.34. The number of carbonyl (C=O) groups is 1. The van der Waals surface area contributed by atoms with Crippen LogP contribution in [0.3, 0.4) is 0 Å². The zero-order chi connectivity index (χ0) is 20.6. The number of amides is 1. The first-order valence-electron chi connectivity index (χ1n) is 9.58. The molecule has 4 rings (SSSR count). The van der Waals surface area contributed by atoms with E-state index in [9.17, 15) is 13.2 Å². The normalized spacial score (nSPS) is 16.2. The van der Waals surface area contributed by atoms with E-state index in [2.05, 4.69) is 16.4 Å². The number of anilines is 1. The van der Waals surface area contributed by atoms with Gasteiger partial charge in [0.1, 0.15) is 0 Å². The van der Waals surface area contributed by atoms with E-state index < -0.39 is 10.0 Å². The minimum Gasteiger partial charge on any atom is -0.352 e. The molecule has 0 spiro atoms. The minimum absolute atomic E-state index is 0.132. The molecule has 1 aromatic heterocycles. The Morgan fingerprint density at radius 3 is 2.83 bits per heavy atom. The van der Waals surface area contributed by atoms with Gasteiger partial charge >= 0.3 is 0 Å². The summed E-state index contributed by atoms with van der Waals surface area (Å²) in [7, 11) is -3.32. The molecule has 0 aliphatic carbocycles. The number of rotatable bonds is 6. The Balaban J connectivity index is 1.35. The van der Waals surface area contributed by atoms with Gasteiger partial charge in [0.2, 0.25) is 10.0 Å². The predicted octanol–water partition coefficient (Wildman–Crippen LogP) is 3.37. The van der Waals surface area contributed by atoms with Gasteiger partial charge in [-0.2, -0.15) is 0 Å². The first kappa shape index (κ1) is 19.8. The number of fused-ring (bicyclic) bond motifs is 2.